The molecule has 0 aromatic heterocycles. The maximum absolute atomic E-state index is 12.3. The van der Waals surface area contributed by atoms with Crippen molar-refractivity contribution in [2.75, 3.05) is 0 Å². The normalized spacial score (nSPS) is 12.0. The highest BCUT2D eigenvalue weighted by Gasteiger charge is 2.14. The lowest BCUT2D eigenvalue weighted by atomic mass is 10.1. The molecule has 4 heteroatoms. The third-order valence-electron chi connectivity index (χ3n) is 3.20. The fourth-order valence-electron chi connectivity index (χ4n) is 2.13. The molecule has 1 N–H and O–H groups in total. The van der Waals surface area contributed by atoms with Gasteiger partial charge in [0.25, 0.3) is 5.91 Å². The van der Waals surface area contributed by atoms with Crippen molar-refractivity contribution in [3.63, 3.8) is 0 Å². The first kappa shape index (κ1) is 16.4. The fourth-order valence-corrected chi connectivity index (χ4v) is 2.35. The molecule has 0 saturated carbocycles. The molecule has 116 valence electrons. The first-order valence-corrected chi connectivity index (χ1v) is 7.67. The molecular weight excluding hydrogens is 298 g/mol. The van der Waals surface area contributed by atoms with Gasteiger partial charge in [-0.3, -0.25) is 4.79 Å². The highest BCUT2D eigenvalue weighted by atomic mass is 35.5. The third kappa shape index (κ3) is 4.25. The lowest BCUT2D eigenvalue weighted by molar-refractivity contribution is 0.0940. The number of nitrogens with one attached hydrogen (secondary N) is 1. The number of ether oxygens (including phenoxy) is 1. The largest absolute Gasteiger partial charge is 0.491 e. The van der Waals surface area contributed by atoms with E-state index in [0.29, 0.717) is 10.6 Å². The lowest BCUT2D eigenvalue weighted by Crippen LogP contribution is -2.26. The van der Waals surface area contributed by atoms with Crippen LogP contribution in [0.15, 0.2) is 48.5 Å². The summed E-state index contributed by atoms with van der Waals surface area (Å²) in [7, 11) is 0. The molecule has 0 spiro atoms. The number of benzene rings is 2. The van der Waals surface area contributed by atoms with E-state index in [-0.39, 0.29) is 18.1 Å². The number of carbonyl (C=O) groups is 1. The van der Waals surface area contributed by atoms with Crippen molar-refractivity contribution in [2.45, 2.75) is 32.9 Å². The van der Waals surface area contributed by atoms with Crippen LogP contribution in [-0.4, -0.2) is 12.0 Å². The predicted octanol–water partition coefficient (Wildman–Crippen LogP) is 4.62. The van der Waals surface area contributed by atoms with E-state index in [1.807, 2.05) is 45.0 Å². The van der Waals surface area contributed by atoms with Crippen molar-refractivity contribution in [3.8, 4) is 5.75 Å². The molecule has 22 heavy (non-hydrogen) atoms. The van der Waals surface area contributed by atoms with Gasteiger partial charge < -0.3 is 10.1 Å². The van der Waals surface area contributed by atoms with Crippen LogP contribution in [0.1, 0.15) is 42.7 Å². The second-order valence-electron chi connectivity index (χ2n) is 5.41. The number of hydrogen-bond donors (Lipinski definition) is 1. The zero-order chi connectivity index (χ0) is 16.1. The maximum atomic E-state index is 12.3. The highest BCUT2D eigenvalue weighted by Crippen LogP contribution is 2.21. The first-order valence-electron chi connectivity index (χ1n) is 7.29. The van der Waals surface area contributed by atoms with Crippen LogP contribution in [0.4, 0.5) is 0 Å². The third-order valence-corrected chi connectivity index (χ3v) is 3.53. The summed E-state index contributed by atoms with van der Waals surface area (Å²) in [5, 5.41) is 3.40. The Morgan fingerprint density at radius 1 is 1.09 bits per heavy atom. The SMILES string of the molecule is CC(C)Oc1cccc([C@H](C)NC(=O)c2ccccc2Cl)c1. The Balaban J connectivity index is 2.10. The first-order chi connectivity index (χ1) is 10.5. The molecule has 0 heterocycles. The van der Waals surface area contributed by atoms with Gasteiger partial charge >= 0.3 is 0 Å². The number of halogens is 1. The number of hydrogen-bond acceptors (Lipinski definition) is 2. The molecule has 0 saturated heterocycles. The summed E-state index contributed by atoms with van der Waals surface area (Å²) in [5.74, 6) is 0.611. The second kappa shape index (κ2) is 7.32. The Morgan fingerprint density at radius 3 is 2.50 bits per heavy atom. The minimum atomic E-state index is -0.187. The molecule has 2 aromatic rings. The van der Waals surface area contributed by atoms with Gasteiger partial charge in [0.15, 0.2) is 0 Å². The van der Waals surface area contributed by atoms with Gasteiger partial charge in [0.1, 0.15) is 5.75 Å². The van der Waals surface area contributed by atoms with Crippen LogP contribution >= 0.6 is 11.6 Å². The topological polar surface area (TPSA) is 38.3 Å². The molecule has 2 aromatic carbocycles. The van der Waals surface area contributed by atoms with Gasteiger partial charge in [-0.05, 0) is 50.6 Å². The van der Waals surface area contributed by atoms with Crippen LogP contribution in [0, 0.1) is 0 Å². The minimum absolute atomic E-state index is 0.114. The minimum Gasteiger partial charge on any atom is -0.491 e. The summed E-state index contributed by atoms with van der Waals surface area (Å²) < 4.78 is 5.68. The van der Waals surface area contributed by atoms with Gasteiger partial charge in [-0.15, -0.1) is 0 Å². The van der Waals surface area contributed by atoms with Gasteiger partial charge in [-0.25, -0.2) is 0 Å². The van der Waals surface area contributed by atoms with Gasteiger partial charge in [0, 0.05) is 0 Å². The quantitative estimate of drug-likeness (QED) is 0.874. The Hall–Kier alpha value is -2.00. The van der Waals surface area contributed by atoms with E-state index in [9.17, 15) is 4.79 Å². The van der Waals surface area contributed by atoms with Crippen molar-refractivity contribution in [3.05, 3.63) is 64.7 Å². The molecule has 0 aliphatic heterocycles. The van der Waals surface area contributed by atoms with E-state index in [0.717, 1.165) is 11.3 Å². The molecule has 0 aliphatic carbocycles. The molecule has 0 fully saturated rings. The van der Waals surface area contributed by atoms with E-state index in [2.05, 4.69) is 5.32 Å². The molecule has 1 atom stereocenters. The van der Waals surface area contributed by atoms with E-state index in [4.69, 9.17) is 16.3 Å². The van der Waals surface area contributed by atoms with Crippen molar-refractivity contribution < 1.29 is 9.53 Å². The molecule has 0 aliphatic rings. The monoisotopic (exact) mass is 317 g/mol. The van der Waals surface area contributed by atoms with Crippen LogP contribution in [-0.2, 0) is 0 Å². The smallest absolute Gasteiger partial charge is 0.253 e. The van der Waals surface area contributed by atoms with E-state index in [1.54, 1.807) is 24.3 Å². The Bertz CT molecular complexity index is 655. The summed E-state index contributed by atoms with van der Waals surface area (Å²) >= 11 is 6.05. The molecule has 2 rings (SSSR count). The van der Waals surface area contributed by atoms with Gasteiger partial charge in [0.05, 0.1) is 22.7 Å². The Labute approximate surface area is 136 Å². The van der Waals surface area contributed by atoms with Gasteiger partial charge in [-0.2, -0.15) is 0 Å². The Kier molecular flexibility index (Phi) is 5.45. The van der Waals surface area contributed by atoms with Crippen LogP contribution < -0.4 is 10.1 Å². The fraction of sp³-hybridized carbons (Fsp3) is 0.278. The molecule has 1 amide bonds. The predicted molar refractivity (Wildman–Crippen MR) is 89.5 cm³/mol. The molecule has 3 nitrogen and oxygen atoms in total. The summed E-state index contributed by atoms with van der Waals surface area (Å²) in [4.78, 5) is 12.3. The summed E-state index contributed by atoms with van der Waals surface area (Å²) in [6.45, 7) is 5.90. The lowest BCUT2D eigenvalue weighted by Gasteiger charge is -2.17. The summed E-state index contributed by atoms with van der Waals surface area (Å²) in [5.41, 5.74) is 1.46. The van der Waals surface area contributed by atoms with Crippen LogP contribution in [0.2, 0.25) is 5.02 Å². The van der Waals surface area contributed by atoms with E-state index >= 15 is 0 Å². The number of rotatable bonds is 5. The van der Waals surface area contributed by atoms with Crippen LogP contribution in [0.3, 0.4) is 0 Å². The molecule has 0 bridgehead atoms. The average Bonchev–Trinajstić information content (AvgIpc) is 2.47. The van der Waals surface area contributed by atoms with E-state index < -0.39 is 0 Å². The standard InChI is InChI=1S/C18H20ClNO2/c1-12(2)22-15-8-6-7-14(11-15)13(3)20-18(21)16-9-4-5-10-17(16)19/h4-13H,1-3H3,(H,20,21)/t13-/m0/s1. The summed E-state index contributed by atoms with van der Waals surface area (Å²) in [6.07, 6.45) is 0.114. The maximum Gasteiger partial charge on any atom is 0.253 e. The zero-order valence-corrected chi connectivity index (χ0v) is 13.7. The highest BCUT2D eigenvalue weighted by molar-refractivity contribution is 6.33. The molecular formula is C18H20ClNO2. The van der Waals surface area contributed by atoms with Crippen molar-refractivity contribution in [1.29, 1.82) is 0 Å². The second-order valence-corrected chi connectivity index (χ2v) is 5.82. The van der Waals surface area contributed by atoms with Crippen molar-refractivity contribution in [1.82, 2.24) is 5.32 Å². The van der Waals surface area contributed by atoms with Crippen molar-refractivity contribution >= 4 is 17.5 Å². The molecule has 0 unspecified atom stereocenters. The zero-order valence-electron chi connectivity index (χ0n) is 13.0. The number of carbonyl (C=O) groups excluding carboxylic acids is 1. The van der Waals surface area contributed by atoms with Gasteiger partial charge in [-0.1, -0.05) is 35.9 Å². The van der Waals surface area contributed by atoms with Crippen molar-refractivity contribution in [2.24, 2.45) is 0 Å². The summed E-state index contributed by atoms with van der Waals surface area (Å²) in [6, 6.07) is 14.6. The van der Waals surface area contributed by atoms with Crippen LogP contribution in [0.25, 0.3) is 0 Å². The van der Waals surface area contributed by atoms with E-state index in [1.165, 1.54) is 0 Å². The number of amides is 1. The molecule has 0 radical (unpaired) electrons. The van der Waals surface area contributed by atoms with Crippen LogP contribution in [0.5, 0.6) is 5.75 Å². The average molecular weight is 318 g/mol. The Morgan fingerprint density at radius 2 is 1.82 bits per heavy atom. The van der Waals surface area contributed by atoms with Gasteiger partial charge in [0.2, 0.25) is 0 Å².